The third-order valence-corrected chi connectivity index (χ3v) is 3.98. The zero-order valence-electron chi connectivity index (χ0n) is 12.7. The molecule has 1 aliphatic rings. The molecule has 2 rings (SSSR count). The number of hydrogen-bond acceptors (Lipinski definition) is 4. The van der Waals surface area contributed by atoms with Crippen LogP contribution in [0.2, 0.25) is 0 Å². The lowest BCUT2D eigenvalue weighted by atomic mass is 9.94. The van der Waals surface area contributed by atoms with Crippen LogP contribution in [0.25, 0.3) is 0 Å². The van der Waals surface area contributed by atoms with Crippen molar-refractivity contribution in [3.63, 3.8) is 0 Å². The third-order valence-electron chi connectivity index (χ3n) is 3.98. The van der Waals surface area contributed by atoms with Crippen molar-refractivity contribution in [1.29, 1.82) is 0 Å². The van der Waals surface area contributed by atoms with E-state index in [-0.39, 0.29) is 12.5 Å². The average Bonchev–Trinajstić information content (AvgIpc) is 2.54. The topological polar surface area (TPSA) is 59.0 Å². The second kappa shape index (κ2) is 7.31. The molecule has 1 unspecified atom stereocenters. The first-order valence-electron chi connectivity index (χ1n) is 7.31. The van der Waals surface area contributed by atoms with E-state index < -0.39 is 0 Å². The Kier molecular flexibility index (Phi) is 5.44. The average molecular weight is 293 g/mol. The molecule has 21 heavy (non-hydrogen) atoms. The number of carbonyl (C=O) groups is 1. The highest BCUT2D eigenvalue weighted by atomic mass is 16.5. The largest absolute Gasteiger partial charge is 0.497 e. The standard InChI is InChI=1S/C16H23NO4/c1-20-13-5-6-14(15(10-13)21-2)16(19)17-8-3-4-12(11-17)7-9-18/h5-6,10,12,18H,3-4,7-9,11H2,1-2H3. The molecule has 1 heterocycles. The molecule has 0 radical (unpaired) electrons. The summed E-state index contributed by atoms with van der Waals surface area (Å²) >= 11 is 0. The van der Waals surface area contributed by atoms with Gasteiger partial charge in [-0.1, -0.05) is 0 Å². The number of likely N-dealkylation sites (tertiary alicyclic amines) is 1. The van der Waals surface area contributed by atoms with Gasteiger partial charge in [0.05, 0.1) is 19.8 Å². The smallest absolute Gasteiger partial charge is 0.257 e. The van der Waals surface area contributed by atoms with Gasteiger partial charge in [0.15, 0.2) is 0 Å². The molecule has 1 aliphatic heterocycles. The van der Waals surface area contributed by atoms with E-state index in [0.29, 0.717) is 29.5 Å². The first-order valence-corrected chi connectivity index (χ1v) is 7.31. The van der Waals surface area contributed by atoms with Crippen molar-refractivity contribution in [1.82, 2.24) is 4.90 Å². The minimum absolute atomic E-state index is 0.0165. The molecule has 1 aromatic carbocycles. The summed E-state index contributed by atoms with van der Waals surface area (Å²) in [6.45, 7) is 1.64. The van der Waals surface area contributed by atoms with Crippen LogP contribution in [-0.4, -0.2) is 49.8 Å². The fourth-order valence-electron chi connectivity index (χ4n) is 2.81. The van der Waals surface area contributed by atoms with E-state index in [4.69, 9.17) is 14.6 Å². The number of aliphatic hydroxyl groups is 1. The van der Waals surface area contributed by atoms with E-state index in [9.17, 15) is 4.79 Å². The van der Waals surface area contributed by atoms with Gasteiger partial charge in [-0.3, -0.25) is 4.79 Å². The van der Waals surface area contributed by atoms with Crippen LogP contribution < -0.4 is 9.47 Å². The van der Waals surface area contributed by atoms with Crippen LogP contribution in [0, 0.1) is 5.92 Å². The molecule has 1 aromatic rings. The molecule has 5 nitrogen and oxygen atoms in total. The lowest BCUT2D eigenvalue weighted by Crippen LogP contribution is -2.40. The number of carbonyl (C=O) groups excluding carboxylic acids is 1. The minimum Gasteiger partial charge on any atom is -0.497 e. The second-order valence-corrected chi connectivity index (χ2v) is 5.34. The van der Waals surface area contributed by atoms with Gasteiger partial charge >= 0.3 is 0 Å². The van der Waals surface area contributed by atoms with Crippen LogP contribution in [0.1, 0.15) is 29.6 Å². The van der Waals surface area contributed by atoms with Crippen molar-refractivity contribution in [3.05, 3.63) is 23.8 Å². The maximum absolute atomic E-state index is 12.7. The van der Waals surface area contributed by atoms with Gasteiger partial charge in [0.1, 0.15) is 11.5 Å². The predicted molar refractivity (Wildman–Crippen MR) is 79.9 cm³/mol. The monoisotopic (exact) mass is 293 g/mol. The fraction of sp³-hybridized carbons (Fsp3) is 0.562. The van der Waals surface area contributed by atoms with Gasteiger partial charge in [-0.25, -0.2) is 0 Å². The molecule has 116 valence electrons. The zero-order chi connectivity index (χ0) is 15.2. The summed E-state index contributed by atoms with van der Waals surface area (Å²) < 4.78 is 10.5. The van der Waals surface area contributed by atoms with E-state index in [1.54, 1.807) is 32.4 Å². The van der Waals surface area contributed by atoms with Crippen molar-refractivity contribution >= 4 is 5.91 Å². The summed E-state index contributed by atoms with van der Waals surface area (Å²) in [6, 6.07) is 5.24. The number of nitrogens with zero attached hydrogens (tertiary/aromatic N) is 1. The number of piperidine rings is 1. The summed E-state index contributed by atoms with van der Waals surface area (Å²) in [5, 5.41) is 9.06. The molecule has 0 aliphatic carbocycles. The first kappa shape index (κ1) is 15.6. The van der Waals surface area contributed by atoms with Crippen molar-refractivity contribution in [3.8, 4) is 11.5 Å². The normalized spacial score (nSPS) is 18.4. The van der Waals surface area contributed by atoms with E-state index in [2.05, 4.69) is 0 Å². The summed E-state index contributed by atoms with van der Waals surface area (Å²) in [5.41, 5.74) is 0.558. The highest BCUT2D eigenvalue weighted by Crippen LogP contribution is 2.28. The van der Waals surface area contributed by atoms with Gasteiger partial charge in [0.2, 0.25) is 0 Å². The van der Waals surface area contributed by atoms with Crippen molar-refractivity contribution in [2.45, 2.75) is 19.3 Å². The maximum Gasteiger partial charge on any atom is 0.257 e. The number of amides is 1. The number of hydrogen-bond donors (Lipinski definition) is 1. The van der Waals surface area contributed by atoms with Gasteiger partial charge in [0, 0.05) is 25.8 Å². The van der Waals surface area contributed by atoms with Gasteiger partial charge in [-0.15, -0.1) is 0 Å². The SMILES string of the molecule is COc1ccc(C(=O)N2CCCC(CCO)C2)c(OC)c1. The Balaban J connectivity index is 2.15. The molecule has 1 N–H and O–H groups in total. The van der Waals surface area contributed by atoms with Gasteiger partial charge in [-0.05, 0) is 37.3 Å². The summed E-state index contributed by atoms with van der Waals surface area (Å²) in [7, 11) is 3.14. The molecule has 0 saturated carbocycles. The van der Waals surface area contributed by atoms with Crippen LogP contribution in [0.3, 0.4) is 0 Å². The molecule has 0 aromatic heterocycles. The molecule has 1 saturated heterocycles. The van der Waals surface area contributed by atoms with E-state index in [0.717, 1.165) is 25.8 Å². The number of benzene rings is 1. The number of rotatable bonds is 5. The number of aliphatic hydroxyl groups excluding tert-OH is 1. The van der Waals surface area contributed by atoms with E-state index >= 15 is 0 Å². The van der Waals surface area contributed by atoms with Gasteiger partial charge in [-0.2, -0.15) is 0 Å². The van der Waals surface area contributed by atoms with Crippen LogP contribution in [-0.2, 0) is 0 Å². The fourth-order valence-corrected chi connectivity index (χ4v) is 2.81. The molecular formula is C16H23NO4. The summed E-state index contributed by atoms with van der Waals surface area (Å²) in [6.07, 6.45) is 2.81. The minimum atomic E-state index is -0.0165. The summed E-state index contributed by atoms with van der Waals surface area (Å²) in [4.78, 5) is 14.5. The van der Waals surface area contributed by atoms with Crippen LogP contribution in [0.4, 0.5) is 0 Å². The Hall–Kier alpha value is -1.75. The summed E-state index contributed by atoms with van der Waals surface area (Å²) in [5.74, 6) is 1.57. The van der Waals surface area contributed by atoms with Crippen LogP contribution in [0.15, 0.2) is 18.2 Å². The van der Waals surface area contributed by atoms with Crippen LogP contribution in [0.5, 0.6) is 11.5 Å². The Morgan fingerprint density at radius 1 is 1.38 bits per heavy atom. The van der Waals surface area contributed by atoms with Crippen molar-refractivity contribution in [2.24, 2.45) is 5.92 Å². The Morgan fingerprint density at radius 2 is 2.19 bits per heavy atom. The molecule has 1 amide bonds. The lowest BCUT2D eigenvalue weighted by Gasteiger charge is -2.33. The van der Waals surface area contributed by atoms with Crippen molar-refractivity contribution < 1.29 is 19.4 Å². The lowest BCUT2D eigenvalue weighted by molar-refractivity contribution is 0.0650. The molecule has 5 heteroatoms. The first-order chi connectivity index (χ1) is 10.2. The molecule has 0 bridgehead atoms. The maximum atomic E-state index is 12.7. The van der Waals surface area contributed by atoms with E-state index in [1.165, 1.54) is 0 Å². The predicted octanol–water partition coefficient (Wildman–Crippen LogP) is 1.94. The highest BCUT2D eigenvalue weighted by Gasteiger charge is 2.26. The van der Waals surface area contributed by atoms with Gasteiger partial charge < -0.3 is 19.5 Å². The highest BCUT2D eigenvalue weighted by molar-refractivity contribution is 5.97. The van der Waals surface area contributed by atoms with Gasteiger partial charge in [0.25, 0.3) is 5.91 Å². The molecule has 1 atom stereocenters. The molecule has 0 spiro atoms. The number of methoxy groups -OCH3 is 2. The Bertz CT molecular complexity index is 487. The Labute approximate surface area is 125 Å². The van der Waals surface area contributed by atoms with Crippen LogP contribution >= 0.6 is 0 Å². The second-order valence-electron chi connectivity index (χ2n) is 5.34. The zero-order valence-corrected chi connectivity index (χ0v) is 12.7. The number of ether oxygens (including phenoxy) is 2. The van der Waals surface area contributed by atoms with E-state index in [1.807, 2.05) is 4.90 Å². The molecular weight excluding hydrogens is 270 g/mol. The Morgan fingerprint density at radius 3 is 2.86 bits per heavy atom. The van der Waals surface area contributed by atoms with Crippen molar-refractivity contribution in [2.75, 3.05) is 33.9 Å². The quantitative estimate of drug-likeness (QED) is 0.901. The third kappa shape index (κ3) is 3.67. The molecule has 1 fully saturated rings.